The molecular formula is C24H27N. The first-order valence-electron chi connectivity index (χ1n) is 9.57. The topological polar surface area (TPSA) is 12.9 Å². The van der Waals surface area contributed by atoms with Crippen molar-refractivity contribution in [2.24, 2.45) is 5.41 Å². The molecule has 2 aromatic rings. The molecule has 1 heterocycles. The van der Waals surface area contributed by atoms with E-state index < -0.39 is 0 Å². The highest BCUT2D eigenvalue weighted by Crippen LogP contribution is 2.58. The number of pyridine rings is 1. The second-order valence-corrected chi connectivity index (χ2v) is 8.35. The molecule has 1 nitrogen and oxygen atoms in total. The first-order chi connectivity index (χ1) is 12.1. The minimum absolute atomic E-state index is 0.257. The molecule has 4 rings (SSSR count). The molecule has 0 radical (unpaired) electrons. The molecule has 2 aliphatic rings. The molecule has 1 aromatic heterocycles. The van der Waals surface area contributed by atoms with Crippen LogP contribution in [0, 0.1) is 17.3 Å². The Labute approximate surface area is 151 Å². The van der Waals surface area contributed by atoms with Crippen molar-refractivity contribution in [3.8, 4) is 23.0 Å². The second kappa shape index (κ2) is 6.03. The van der Waals surface area contributed by atoms with E-state index in [4.69, 9.17) is 0 Å². The third-order valence-electron chi connectivity index (χ3n) is 6.79. The average Bonchev–Trinajstić information content (AvgIpc) is 2.83. The van der Waals surface area contributed by atoms with Crippen LogP contribution >= 0.6 is 0 Å². The quantitative estimate of drug-likeness (QED) is 0.593. The predicted octanol–water partition coefficient (Wildman–Crippen LogP) is 5.90. The van der Waals surface area contributed by atoms with Gasteiger partial charge < -0.3 is 0 Å². The van der Waals surface area contributed by atoms with Crippen LogP contribution < -0.4 is 0 Å². The lowest BCUT2D eigenvalue weighted by atomic mass is 9.59. The summed E-state index contributed by atoms with van der Waals surface area (Å²) in [4.78, 5) is 4.39. The van der Waals surface area contributed by atoms with Crippen molar-refractivity contribution in [2.45, 2.75) is 64.7 Å². The van der Waals surface area contributed by atoms with Crippen molar-refractivity contribution in [1.29, 1.82) is 0 Å². The van der Waals surface area contributed by atoms with Crippen LogP contribution in [-0.4, -0.2) is 4.98 Å². The molecule has 1 aromatic carbocycles. The lowest BCUT2D eigenvalue weighted by Crippen LogP contribution is -2.39. The molecule has 2 aliphatic carbocycles. The smallest absolute Gasteiger partial charge is 0.0434 e. The molecule has 0 aliphatic heterocycles. The molecule has 0 atom stereocenters. The zero-order chi connectivity index (χ0) is 17.5. The van der Waals surface area contributed by atoms with E-state index in [1.54, 1.807) is 11.1 Å². The molecule has 0 unspecified atom stereocenters. The summed E-state index contributed by atoms with van der Waals surface area (Å²) in [5.74, 6) is 6.09. The van der Waals surface area contributed by atoms with Crippen LogP contribution in [-0.2, 0) is 11.8 Å². The highest BCUT2D eigenvalue weighted by atomic mass is 14.6. The molecule has 0 N–H and O–H groups in total. The number of nitrogens with zero attached hydrogens (tertiary/aromatic N) is 1. The molecule has 1 fully saturated rings. The number of aromatic nitrogens is 1. The molecule has 0 amide bonds. The van der Waals surface area contributed by atoms with Crippen molar-refractivity contribution in [1.82, 2.24) is 4.98 Å². The Kier molecular flexibility index (Phi) is 3.95. The maximum absolute atomic E-state index is 4.39. The van der Waals surface area contributed by atoms with Crippen LogP contribution in [0.4, 0.5) is 0 Å². The van der Waals surface area contributed by atoms with E-state index in [0.29, 0.717) is 5.41 Å². The van der Waals surface area contributed by atoms with Gasteiger partial charge in [-0.3, -0.25) is 4.98 Å². The highest BCUT2D eigenvalue weighted by Gasteiger charge is 2.51. The molecule has 0 saturated heterocycles. The largest absolute Gasteiger partial charge is 0.263 e. The molecule has 1 saturated carbocycles. The zero-order valence-electron chi connectivity index (χ0n) is 15.7. The Morgan fingerprint density at radius 3 is 2.52 bits per heavy atom. The van der Waals surface area contributed by atoms with Gasteiger partial charge in [0.15, 0.2) is 0 Å². The minimum atomic E-state index is 0.257. The van der Waals surface area contributed by atoms with Crippen LogP contribution in [0.5, 0.6) is 0 Å². The van der Waals surface area contributed by atoms with Crippen molar-refractivity contribution >= 4 is 0 Å². The predicted molar refractivity (Wildman–Crippen MR) is 104 cm³/mol. The molecule has 128 valence electrons. The van der Waals surface area contributed by atoms with Gasteiger partial charge in [-0.15, -0.1) is 5.92 Å². The SMILES string of the molecule is CC#Cc1cncc(-c2ccc3c(c2)C(C)(C)C2(CCCCC2)C3)c1. The first kappa shape index (κ1) is 16.4. The van der Waals surface area contributed by atoms with Crippen LogP contribution in [0.15, 0.2) is 36.7 Å². The second-order valence-electron chi connectivity index (χ2n) is 8.35. The number of hydrogen-bond acceptors (Lipinski definition) is 1. The van der Waals surface area contributed by atoms with E-state index in [1.165, 1.54) is 49.7 Å². The lowest BCUT2D eigenvalue weighted by Gasteiger charge is -2.45. The molecule has 25 heavy (non-hydrogen) atoms. The number of rotatable bonds is 1. The summed E-state index contributed by atoms with van der Waals surface area (Å²) in [6, 6.07) is 9.23. The zero-order valence-corrected chi connectivity index (χ0v) is 15.7. The monoisotopic (exact) mass is 329 g/mol. The molecule has 1 spiro atoms. The van der Waals surface area contributed by atoms with E-state index in [9.17, 15) is 0 Å². The summed E-state index contributed by atoms with van der Waals surface area (Å²) < 4.78 is 0. The normalized spacial score (nSPS) is 20.0. The van der Waals surface area contributed by atoms with Gasteiger partial charge in [-0.25, -0.2) is 0 Å². The Morgan fingerprint density at radius 2 is 1.76 bits per heavy atom. The van der Waals surface area contributed by atoms with Gasteiger partial charge in [0.2, 0.25) is 0 Å². The first-order valence-corrected chi connectivity index (χ1v) is 9.57. The van der Waals surface area contributed by atoms with Gasteiger partial charge in [-0.2, -0.15) is 0 Å². The van der Waals surface area contributed by atoms with E-state index in [2.05, 4.69) is 54.9 Å². The van der Waals surface area contributed by atoms with Crippen LogP contribution in [0.3, 0.4) is 0 Å². The van der Waals surface area contributed by atoms with Gasteiger partial charge in [0.1, 0.15) is 0 Å². The fourth-order valence-electron chi connectivity index (χ4n) is 5.20. The summed E-state index contributed by atoms with van der Waals surface area (Å²) in [5, 5.41) is 0. The summed E-state index contributed by atoms with van der Waals surface area (Å²) in [6.07, 6.45) is 12.0. The summed E-state index contributed by atoms with van der Waals surface area (Å²) in [6.45, 7) is 6.82. The number of hydrogen-bond donors (Lipinski definition) is 0. The van der Waals surface area contributed by atoms with Gasteiger partial charge in [0.25, 0.3) is 0 Å². The summed E-state index contributed by atoms with van der Waals surface area (Å²) >= 11 is 0. The van der Waals surface area contributed by atoms with Gasteiger partial charge in [-0.05, 0) is 59.8 Å². The maximum Gasteiger partial charge on any atom is 0.0434 e. The van der Waals surface area contributed by atoms with Crippen molar-refractivity contribution < 1.29 is 0 Å². The van der Waals surface area contributed by atoms with E-state index >= 15 is 0 Å². The Balaban J connectivity index is 1.76. The number of benzene rings is 1. The third kappa shape index (κ3) is 2.60. The Morgan fingerprint density at radius 1 is 0.960 bits per heavy atom. The van der Waals surface area contributed by atoms with Crippen LogP contribution in [0.1, 0.15) is 69.6 Å². The maximum atomic E-state index is 4.39. The fraction of sp³-hybridized carbons (Fsp3) is 0.458. The van der Waals surface area contributed by atoms with E-state index in [1.807, 2.05) is 19.3 Å². The lowest BCUT2D eigenvalue weighted by molar-refractivity contribution is 0.105. The van der Waals surface area contributed by atoms with Gasteiger partial charge in [0.05, 0.1) is 0 Å². The average molecular weight is 329 g/mol. The fourth-order valence-corrected chi connectivity index (χ4v) is 5.20. The highest BCUT2D eigenvalue weighted by molar-refractivity contribution is 5.67. The van der Waals surface area contributed by atoms with Gasteiger partial charge in [0, 0.05) is 23.5 Å². The van der Waals surface area contributed by atoms with Gasteiger partial charge in [-0.1, -0.05) is 57.2 Å². The van der Waals surface area contributed by atoms with Crippen molar-refractivity contribution in [3.05, 3.63) is 53.3 Å². The van der Waals surface area contributed by atoms with Crippen LogP contribution in [0.25, 0.3) is 11.1 Å². The van der Waals surface area contributed by atoms with Gasteiger partial charge >= 0.3 is 0 Å². The Bertz CT molecular complexity index is 857. The number of fused-ring (bicyclic) bond motifs is 1. The third-order valence-corrected chi connectivity index (χ3v) is 6.79. The summed E-state index contributed by atoms with van der Waals surface area (Å²) in [5.41, 5.74) is 7.28. The summed E-state index contributed by atoms with van der Waals surface area (Å²) in [7, 11) is 0. The van der Waals surface area contributed by atoms with Crippen LogP contribution in [0.2, 0.25) is 0 Å². The standard InChI is InChI=1S/C24H27N/c1-4-8-18-13-21(17-25-16-18)19-9-10-20-15-24(11-6-5-7-12-24)23(2,3)22(20)14-19/h9-10,13-14,16-17H,5-7,11-12,15H2,1-3H3. The molecular weight excluding hydrogens is 302 g/mol. The van der Waals surface area contributed by atoms with Crippen molar-refractivity contribution in [3.63, 3.8) is 0 Å². The molecule has 0 bridgehead atoms. The molecule has 1 heteroatoms. The minimum Gasteiger partial charge on any atom is -0.263 e. The van der Waals surface area contributed by atoms with E-state index in [0.717, 1.165) is 5.56 Å². The van der Waals surface area contributed by atoms with E-state index in [-0.39, 0.29) is 5.41 Å². The Hall–Kier alpha value is -2.07. The van der Waals surface area contributed by atoms with Crippen molar-refractivity contribution in [2.75, 3.05) is 0 Å².